The topological polar surface area (TPSA) is 106 Å². The molecule has 0 spiro atoms. The second-order valence-corrected chi connectivity index (χ2v) is 3.85. The molecule has 0 saturated heterocycles. The molecular formula is C10H9ClN4O3. The van der Waals surface area contributed by atoms with Crippen molar-refractivity contribution in [3.8, 4) is 11.8 Å². The Hall–Kier alpha value is -2.14. The first-order valence-electron chi connectivity index (χ1n) is 4.76. The van der Waals surface area contributed by atoms with E-state index in [1.807, 2.05) is 0 Å². The molecule has 8 heteroatoms. The number of nitrogens with two attached hydrogens (primary N) is 1. The first kappa shape index (κ1) is 12.3. The SMILES string of the molecule is COc1cc2c(cc1Cl)N(O)C(C#N)=C(N)N2O. The molecule has 0 aromatic heterocycles. The number of halogens is 1. The summed E-state index contributed by atoms with van der Waals surface area (Å²) >= 11 is 5.91. The standard InChI is InChI=1S/C10H9ClN4O3/c1-18-9-3-7-6(2-5(9)11)14(16)8(4-12)10(13)15(7)17/h2-3,16-17H,13H2,1H3. The molecule has 1 aromatic rings. The summed E-state index contributed by atoms with van der Waals surface area (Å²) in [5.41, 5.74) is 5.49. The Labute approximate surface area is 107 Å². The lowest BCUT2D eigenvalue weighted by molar-refractivity contribution is 0.250. The number of hydroxylamine groups is 2. The van der Waals surface area contributed by atoms with E-state index in [0.29, 0.717) is 15.9 Å². The third-order valence-corrected chi connectivity index (χ3v) is 2.79. The van der Waals surface area contributed by atoms with Gasteiger partial charge in [-0.1, -0.05) is 11.6 Å². The molecule has 0 radical (unpaired) electrons. The smallest absolute Gasteiger partial charge is 0.189 e. The first-order valence-corrected chi connectivity index (χ1v) is 5.14. The van der Waals surface area contributed by atoms with Gasteiger partial charge in [0.05, 0.1) is 17.8 Å². The predicted molar refractivity (Wildman–Crippen MR) is 63.4 cm³/mol. The molecule has 94 valence electrons. The zero-order valence-electron chi connectivity index (χ0n) is 9.25. The molecule has 2 rings (SSSR count). The van der Waals surface area contributed by atoms with E-state index in [2.05, 4.69) is 0 Å². The van der Waals surface area contributed by atoms with Crippen molar-refractivity contribution in [1.82, 2.24) is 0 Å². The van der Waals surface area contributed by atoms with Crippen molar-refractivity contribution in [2.45, 2.75) is 0 Å². The van der Waals surface area contributed by atoms with Crippen LogP contribution in [0.25, 0.3) is 0 Å². The second-order valence-electron chi connectivity index (χ2n) is 3.44. The second kappa shape index (κ2) is 4.27. The van der Waals surface area contributed by atoms with Crippen molar-refractivity contribution in [3.05, 3.63) is 28.7 Å². The van der Waals surface area contributed by atoms with E-state index in [4.69, 9.17) is 27.3 Å². The Bertz CT molecular complexity index is 581. The molecule has 0 amide bonds. The molecule has 1 aromatic carbocycles. The molecular weight excluding hydrogens is 260 g/mol. The molecule has 0 bridgehead atoms. The summed E-state index contributed by atoms with van der Waals surface area (Å²) in [5.74, 6) is 0.00736. The van der Waals surface area contributed by atoms with Gasteiger partial charge in [-0.15, -0.1) is 0 Å². The fourth-order valence-electron chi connectivity index (χ4n) is 1.59. The van der Waals surface area contributed by atoms with Gasteiger partial charge in [0.1, 0.15) is 17.5 Å². The van der Waals surface area contributed by atoms with Gasteiger partial charge in [-0.3, -0.25) is 10.4 Å². The summed E-state index contributed by atoms with van der Waals surface area (Å²) in [6.45, 7) is 0. The first-order chi connectivity index (χ1) is 8.51. The molecule has 4 N–H and O–H groups in total. The van der Waals surface area contributed by atoms with Gasteiger partial charge in [0.25, 0.3) is 0 Å². The number of hydrogen-bond donors (Lipinski definition) is 3. The fraction of sp³-hybridized carbons (Fsp3) is 0.100. The quantitative estimate of drug-likeness (QED) is 0.707. The molecule has 0 saturated carbocycles. The van der Waals surface area contributed by atoms with E-state index in [9.17, 15) is 10.4 Å². The van der Waals surface area contributed by atoms with E-state index in [-0.39, 0.29) is 27.9 Å². The monoisotopic (exact) mass is 268 g/mol. The van der Waals surface area contributed by atoms with Crippen LogP contribution in [-0.2, 0) is 0 Å². The summed E-state index contributed by atoms with van der Waals surface area (Å²) in [7, 11) is 1.41. The number of fused-ring (bicyclic) bond motifs is 1. The Balaban J connectivity index is 2.66. The van der Waals surface area contributed by atoms with Crippen LogP contribution in [0.1, 0.15) is 0 Å². The Kier molecular flexibility index (Phi) is 2.92. The number of rotatable bonds is 1. The van der Waals surface area contributed by atoms with E-state index in [0.717, 1.165) is 0 Å². The minimum Gasteiger partial charge on any atom is -0.495 e. The number of nitriles is 1. The number of anilines is 2. The lowest BCUT2D eigenvalue weighted by atomic mass is 10.2. The highest BCUT2D eigenvalue weighted by molar-refractivity contribution is 6.32. The van der Waals surface area contributed by atoms with Gasteiger partial charge < -0.3 is 10.5 Å². The molecule has 18 heavy (non-hydrogen) atoms. The number of methoxy groups -OCH3 is 1. The molecule has 1 heterocycles. The normalized spacial score (nSPS) is 14.4. The predicted octanol–water partition coefficient (Wildman–Crippen LogP) is 1.40. The van der Waals surface area contributed by atoms with Crippen molar-refractivity contribution < 1.29 is 15.2 Å². The molecule has 1 aliphatic heterocycles. The highest BCUT2D eigenvalue weighted by atomic mass is 35.5. The average molecular weight is 269 g/mol. The third kappa shape index (κ3) is 1.60. The Morgan fingerprint density at radius 3 is 2.50 bits per heavy atom. The molecule has 0 aliphatic carbocycles. The van der Waals surface area contributed by atoms with Gasteiger partial charge in [-0.05, 0) is 6.07 Å². The van der Waals surface area contributed by atoms with Crippen LogP contribution in [0.3, 0.4) is 0 Å². The van der Waals surface area contributed by atoms with Crippen molar-refractivity contribution in [1.29, 1.82) is 5.26 Å². The summed E-state index contributed by atoms with van der Waals surface area (Å²) in [6.07, 6.45) is 0. The molecule has 0 fully saturated rings. The summed E-state index contributed by atoms with van der Waals surface area (Å²) in [5, 5.41) is 29.9. The van der Waals surface area contributed by atoms with Crippen LogP contribution >= 0.6 is 11.6 Å². The fourth-order valence-corrected chi connectivity index (χ4v) is 1.83. The number of hydrogen-bond acceptors (Lipinski definition) is 7. The van der Waals surface area contributed by atoms with Crippen LogP contribution < -0.4 is 20.6 Å². The van der Waals surface area contributed by atoms with Crippen molar-refractivity contribution in [2.75, 3.05) is 17.2 Å². The maximum Gasteiger partial charge on any atom is 0.189 e. The highest BCUT2D eigenvalue weighted by Gasteiger charge is 2.29. The lowest BCUT2D eigenvalue weighted by Crippen LogP contribution is -2.36. The number of ether oxygens (including phenoxy) is 1. The zero-order chi connectivity index (χ0) is 13.4. The Morgan fingerprint density at radius 1 is 1.33 bits per heavy atom. The minimum absolute atomic E-state index is 0.119. The van der Waals surface area contributed by atoms with Gasteiger partial charge in [0.15, 0.2) is 11.5 Å². The van der Waals surface area contributed by atoms with Crippen LogP contribution in [0.15, 0.2) is 23.7 Å². The molecule has 0 atom stereocenters. The van der Waals surface area contributed by atoms with Crippen LogP contribution in [0.4, 0.5) is 11.4 Å². The van der Waals surface area contributed by atoms with Crippen molar-refractivity contribution >= 4 is 23.0 Å². The number of allylic oxidation sites excluding steroid dienone is 1. The number of benzene rings is 1. The van der Waals surface area contributed by atoms with Gasteiger partial charge in [-0.2, -0.15) is 5.26 Å². The molecule has 0 unspecified atom stereocenters. The largest absolute Gasteiger partial charge is 0.495 e. The lowest BCUT2D eigenvalue weighted by Gasteiger charge is -2.31. The maximum absolute atomic E-state index is 9.83. The van der Waals surface area contributed by atoms with E-state index in [1.165, 1.54) is 19.2 Å². The van der Waals surface area contributed by atoms with Gasteiger partial charge in [0.2, 0.25) is 0 Å². The Morgan fingerprint density at radius 2 is 1.94 bits per heavy atom. The zero-order valence-corrected chi connectivity index (χ0v) is 10.0. The minimum atomic E-state index is -0.300. The number of nitrogens with zero attached hydrogens (tertiary/aromatic N) is 3. The summed E-state index contributed by atoms with van der Waals surface area (Å²) in [4.78, 5) is 0. The maximum atomic E-state index is 9.83. The van der Waals surface area contributed by atoms with E-state index < -0.39 is 0 Å². The van der Waals surface area contributed by atoms with Crippen LogP contribution in [0.2, 0.25) is 5.02 Å². The third-order valence-electron chi connectivity index (χ3n) is 2.49. The molecule has 1 aliphatic rings. The van der Waals surface area contributed by atoms with Crippen LogP contribution in [0.5, 0.6) is 5.75 Å². The highest BCUT2D eigenvalue weighted by Crippen LogP contribution is 2.42. The van der Waals surface area contributed by atoms with Gasteiger partial charge in [0, 0.05) is 6.07 Å². The summed E-state index contributed by atoms with van der Waals surface area (Å²) < 4.78 is 4.99. The van der Waals surface area contributed by atoms with Crippen LogP contribution in [-0.4, -0.2) is 17.5 Å². The van der Waals surface area contributed by atoms with Gasteiger partial charge in [-0.25, -0.2) is 10.1 Å². The van der Waals surface area contributed by atoms with E-state index >= 15 is 0 Å². The van der Waals surface area contributed by atoms with Gasteiger partial charge >= 0.3 is 0 Å². The average Bonchev–Trinajstić information content (AvgIpc) is 2.36. The van der Waals surface area contributed by atoms with Crippen LogP contribution in [0, 0.1) is 11.3 Å². The van der Waals surface area contributed by atoms with Crippen molar-refractivity contribution in [3.63, 3.8) is 0 Å². The van der Waals surface area contributed by atoms with E-state index in [1.54, 1.807) is 6.07 Å². The molecule has 7 nitrogen and oxygen atoms in total. The summed E-state index contributed by atoms with van der Waals surface area (Å²) in [6, 6.07) is 4.42. The van der Waals surface area contributed by atoms with Crippen molar-refractivity contribution in [2.24, 2.45) is 5.73 Å².